The number of aliphatic carboxylic acids is 1. The van der Waals surface area contributed by atoms with Crippen LogP contribution < -0.4 is 4.74 Å². The lowest BCUT2D eigenvalue weighted by atomic mass is 9.64. The van der Waals surface area contributed by atoms with Crippen molar-refractivity contribution in [3.63, 3.8) is 0 Å². The lowest BCUT2D eigenvalue weighted by molar-refractivity contribution is -0.147. The van der Waals surface area contributed by atoms with Gasteiger partial charge in [-0.15, -0.1) is 11.8 Å². The maximum Gasteiger partial charge on any atom is 0.314 e. The molecule has 4 heteroatoms. The van der Waals surface area contributed by atoms with Gasteiger partial charge in [0.25, 0.3) is 0 Å². The second-order valence-corrected chi connectivity index (χ2v) is 8.31. The first kappa shape index (κ1) is 17.5. The van der Waals surface area contributed by atoms with Gasteiger partial charge in [0.2, 0.25) is 0 Å². The Bertz CT molecular complexity index is 805. The SMILES string of the molecule is CSc1ccc(-c2ccc(C3(C(=O)O)CCC3)cc2OCC2CC2)cc1. The Balaban J connectivity index is 1.71. The predicted molar refractivity (Wildman–Crippen MR) is 105 cm³/mol. The van der Waals surface area contributed by atoms with E-state index in [0.717, 1.165) is 35.5 Å². The number of ether oxygens (including phenoxy) is 1. The summed E-state index contributed by atoms with van der Waals surface area (Å²) in [6.45, 7) is 0.722. The van der Waals surface area contributed by atoms with E-state index in [1.54, 1.807) is 11.8 Å². The fourth-order valence-electron chi connectivity index (χ4n) is 3.60. The zero-order valence-corrected chi connectivity index (χ0v) is 15.8. The molecule has 2 aliphatic rings. The van der Waals surface area contributed by atoms with Crippen LogP contribution in [0.1, 0.15) is 37.7 Å². The first-order chi connectivity index (χ1) is 12.6. The third-order valence-corrected chi connectivity index (χ3v) is 6.47. The van der Waals surface area contributed by atoms with Crippen LogP contribution in [0.2, 0.25) is 0 Å². The summed E-state index contributed by atoms with van der Waals surface area (Å²) < 4.78 is 6.16. The van der Waals surface area contributed by atoms with Crippen molar-refractivity contribution in [1.82, 2.24) is 0 Å². The summed E-state index contributed by atoms with van der Waals surface area (Å²) in [6, 6.07) is 14.5. The largest absolute Gasteiger partial charge is 0.493 e. The van der Waals surface area contributed by atoms with Crippen LogP contribution in [0, 0.1) is 5.92 Å². The quantitative estimate of drug-likeness (QED) is 0.667. The average Bonchev–Trinajstić information content (AvgIpc) is 3.43. The molecule has 0 spiro atoms. The third-order valence-electron chi connectivity index (χ3n) is 5.72. The molecule has 0 saturated heterocycles. The molecule has 3 nitrogen and oxygen atoms in total. The highest BCUT2D eigenvalue weighted by Crippen LogP contribution is 2.46. The fourth-order valence-corrected chi connectivity index (χ4v) is 4.01. The van der Waals surface area contributed by atoms with E-state index in [4.69, 9.17) is 4.74 Å². The smallest absolute Gasteiger partial charge is 0.314 e. The molecular weight excluding hydrogens is 344 g/mol. The highest BCUT2D eigenvalue weighted by atomic mass is 32.2. The number of hydrogen-bond acceptors (Lipinski definition) is 3. The summed E-state index contributed by atoms with van der Waals surface area (Å²) in [6.07, 6.45) is 6.94. The molecule has 26 heavy (non-hydrogen) atoms. The molecule has 2 aromatic carbocycles. The fraction of sp³-hybridized carbons (Fsp3) is 0.409. The van der Waals surface area contributed by atoms with Gasteiger partial charge in [-0.1, -0.05) is 30.7 Å². The molecule has 136 valence electrons. The number of hydrogen-bond donors (Lipinski definition) is 1. The standard InChI is InChI=1S/C22H24O3S/c1-26-18-8-5-16(6-9-18)19-10-7-17(22(21(23)24)11-2-12-22)13-20(19)25-14-15-3-4-15/h5-10,13,15H,2-4,11-12,14H2,1H3,(H,23,24). The first-order valence-electron chi connectivity index (χ1n) is 9.27. The van der Waals surface area contributed by atoms with E-state index in [1.807, 2.05) is 18.2 Å². The number of rotatable bonds is 7. The minimum atomic E-state index is -0.723. The summed E-state index contributed by atoms with van der Waals surface area (Å²) in [5.74, 6) is 0.760. The van der Waals surface area contributed by atoms with E-state index in [0.29, 0.717) is 18.8 Å². The van der Waals surface area contributed by atoms with Gasteiger partial charge in [0.05, 0.1) is 12.0 Å². The monoisotopic (exact) mass is 368 g/mol. The Morgan fingerprint density at radius 2 is 1.92 bits per heavy atom. The van der Waals surface area contributed by atoms with Gasteiger partial charge < -0.3 is 9.84 Å². The molecule has 0 heterocycles. The van der Waals surface area contributed by atoms with Crippen molar-refractivity contribution in [1.29, 1.82) is 0 Å². The van der Waals surface area contributed by atoms with E-state index < -0.39 is 11.4 Å². The predicted octanol–water partition coefficient (Wildman–Crippen LogP) is 5.37. The Morgan fingerprint density at radius 1 is 1.19 bits per heavy atom. The van der Waals surface area contributed by atoms with Gasteiger partial charge in [0.1, 0.15) is 5.75 Å². The van der Waals surface area contributed by atoms with Crippen molar-refractivity contribution < 1.29 is 14.6 Å². The number of thioether (sulfide) groups is 1. The molecule has 2 fully saturated rings. The van der Waals surface area contributed by atoms with Gasteiger partial charge in [-0.25, -0.2) is 0 Å². The number of carboxylic acids is 1. The highest BCUT2D eigenvalue weighted by Gasteiger charge is 2.46. The van der Waals surface area contributed by atoms with Crippen LogP contribution in [0.15, 0.2) is 47.4 Å². The molecule has 0 radical (unpaired) electrons. The Hall–Kier alpha value is -1.94. The van der Waals surface area contributed by atoms with Crippen molar-refractivity contribution in [2.75, 3.05) is 12.9 Å². The van der Waals surface area contributed by atoms with Crippen LogP contribution in [0.3, 0.4) is 0 Å². The van der Waals surface area contributed by atoms with E-state index in [2.05, 4.69) is 30.5 Å². The van der Waals surface area contributed by atoms with E-state index in [9.17, 15) is 9.90 Å². The van der Waals surface area contributed by atoms with Crippen molar-refractivity contribution in [2.24, 2.45) is 5.92 Å². The Kier molecular flexibility index (Phi) is 4.70. The summed E-state index contributed by atoms with van der Waals surface area (Å²) in [5, 5.41) is 9.76. The van der Waals surface area contributed by atoms with Gasteiger partial charge in [0.15, 0.2) is 0 Å². The number of carboxylic acid groups (broad SMARTS) is 1. The van der Waals surface area contributed by atoms with E-state index in [-0.39, 0.29) is 0 Å². The lowest BCUT2D eigenvalue weighted by Gasteiger charge is -2.38. The van der Waals surface area contributed by atoms with Crippen molar-refractivity contribution in [2.45, 2.75) is 42.4 Å². The number of carbonyl (C=O) groups is 1. The van der Waals surface area contributed by atoms with Crippen molar-refractivity contribution in [3.8, 4) is 16.9 Å². The molecule has 0 unspecified atom stereocenters. The van der Waals surface area contributed by atoms with Crippen LogP contribution >= 0.6 is 11.8 Å². The molecule has 0 aliphatic heterocycles. The maximum atomic E-state index is 11.9. The van der Waals surface area contributed by atoms with Crippen LogP contribution in [-0.2, 0) is 10.2 Å². The second kappa shape index (κ2) is 6.99. The molecule has 2 aliphatic carbocycles. The Morgan fingerprint density at radius 3 is 2.46 bits per heavy atom. The molecule has 2 saturated carbocycles. The number of benzene rings is 2. The normalized spacial score (nSPS) is 18.2. The van der Waals surface area contributed by atoms with Crippen LogP contribution in [-0.4, -0.2) is 23.9 Å². The minimum absolute atomic E-state index is 0.655. The van der Waals surface area contributed by atoms with E-state index in [1.165, 1.54) is 17.7 Å². The minimum Gasteiger partial charge on any atom is -0.493 e. The van der Waals surface area contributed by atoms with Crippen LogP contribution in [0.5, 0.6) is 5.75 Å². The molecule has 0 atom stereocenters. The summed E-state index contributed by atoms with van der Waals surface area (Å²) in [7, 11) is 0. The molecule has 2 aromatic rings. The van der Waals surface area contributed by atoms with Gasteiger partial charge >= 0.3 is 5.97 Å². The molecule has 0 amide bonds. The molecule has 0 aromatic heterocycles. The van der Waals surface area contributed by atoms with Gasteiger partial charge in [-0.05, 0) is 67.2 Å². The Labute approximate surface area is 158 Å². The van der Waals surface area contributed by atoms with Crippen molar-refractivity contribution >= 4 is 17.7 Å². The van der Waals surface area contributed by atoms with Crippen molar-refractivity contribution in [3.05, 3.63) is 48.0 Å². The van der Waals surface area contributed by atoms with Gasteiger partial charge in [-0.2, -0.15) is 0 Å². The zero-order chi connectivity index (χ0) is 18.1. The van der Waals surface area contributed by atoms with E-state index >= 15 is 0 Å². The zero-order valence-electron chi connectivity index (χ0n) is 15.0. The van der Waals surface area contributed by atoms with Crippen LogP contribution in [0.25, 0.3) is 11.1 Å². The lowest BCUT2D eigenvalue weighted by Crippen LogP contribution is -2.42. The first-order valence-corrected chi connectivity index (χ1v) is 10.5. The summed E-state index contributed by atoms with van der Waals surface area (Å²) in [4.78, 5) is 13.1. The van der Waals surface area contributed by atoms with Gasteiger partial charge in [-0.3, -0.25) is 4.79 Å². The third kappa shape index (κ3) is 3.23. The summed E-state index contributed by atoms with van der Waals surface area (Å²) in [5.41, 5.74) is 2.31. The van der Waals surface area contributed by atoms with Crippen LogP contribution in [0.4, 0.5) is 0 Å². The highest BCUT2D eigenvalue weighted by molar-refractivity contribution is 7.98. The maximum absolute atomic E-state index is 11.9. The second-order valence-electron chi connectivity index (χ2n) is 7.43. The molecule has 0 bridgehead atoms. The average molecular weight is 368 g/mol. The molecule has 1 N–H and O–H groups in total. The molecular formula is C22H24O3S. The molecule has 4 rings (SSSR count). The van der Waals surface area contributed by atoms with Gasteiger partial charge in [0, 0.05) is 10.5 Å². The summed E-state index contributed by atoms with van der Waals surface area (Å²) >= 11 is 1.72. The topological polar surface area (TPSA) is 46.5 Å².